The Balaban J connectivity index is 2.31. The lowest BCUT2D eigenvalue weighted by atomic mass is 10.0. The van der Waals surface area contributed by atoms with Gasteiger partial charge in [-0.05, 0) is 6.42 Å². The van der Waals surface area contributed by atoms with Crippen molar-refractivity contribution in [3.8, 4) is 0 Å². The highest BCUT2D eigenvalue weighted by Gasteiger charge is 2.52. The molecule has 1 aliphatic heterocycles. The van der Waals surface area contributed by atoms with E-state index in [-0.39, 0.29) is 6.42 Å². The molecule has 7 nitrogen and oxygen atoms in total. The van der Waals surface area contributed by atoms with Gasteiger partial charge in [-0.2, -0.15) is 0 Å². The van der Waals surface area contributed by atoms with Crippen molar-refractivity contribution in [2.45, 2.75) is 31.7 Å². The number of imidazole rings is 1. The van der Waals surface area contributed by atoms with Crippen LogP contribution in [0.1, 0.15) is 25.5 Å². The lowest BCUT2D eigenvalue weighted by Crippen LogP contribution is -2.33. The number of aliphatic hydroxyl groups is 1. The highest BCUT2D eigenvalue weighted by atomic mass is 16.8. The summed E-state index contributed by atoms with van der Waals surface area (Å²) in [6.07, 6.45) is 2.43. The monoisotopic (exact) mass is 240 g/mol. The summed E-state index contributed by atoms with van der Waals surface area (Å²) in [4.78, 5) is 28.8. The molecule has 1 unspecified atom stereocenters. The Kier molecular flexibility index (Phi) is 2.84. The van der Waals surface area contributed by atoms with Crippen LogP contribution in [-0.2, 0) is 24.8 Å². The van der Waals surface area contributed by atoms with E-state index in [1.807, 2.05) is 0 Å². The molecule has 2 N–H and O–H groups in total. The summed E-state index contributed by atoms with van der Waals surface area (Å²) < 4.78 is 9.87. The number of nitrogens with one attached hydrogen (secondary N) is 1. The van der Waals surface area contributed by atoms with Crippen molar-refractivity contribution in [2.24, 2.45) is 0 Å². The highest BCUT2D eigenvalue weighted by Crippen LogP contribution is 2.36. The Morgan fingerprint density at radius 1 is 1.47 bits per heavy atom. The summed E-state index contributed by atoms with van der Waals surface area (Å²) >= 11 is 0. The number of cyclic esters (lactones) is 2. The molecule has 0 aromatic carbocycles. The quantitative estimate of drug-likeness (QED) is 0.559. The Labute approximate surface area is 96.8 Å². The van der Waals surface area contributed by atoms with Crippen LogP contribution in [0.2, 0.25) is 0 Å². The molecule has 1 saturated heterocycles. The van der Waals surface area contributed by atoms with Crippen molar-refractivity contribution in [3.63, 3.8) is 0 Å². The Hall–Kier alpha value is -1.89. The summed E-state index contributed by atoms with van der Waals surface area (Å²) in [5.41, 5.74) is 0.323. The number of ether oxygens (including phenoxy) is 2. The Bertz CT molecular complexity index is 412. The molecule has 7 heteroatoms. The molecule has 0 amide bonds. The largest absolute Gasteiger partial charge is 0.421 e. The number of hydrogen-bond acceptors (Lipinski definition) is 6. The van der Waals surface area contributed by atoms with Gasteiger partial charge in [0.2, 0.25) is 0 Å². The van der Waals surface area contributed by atoms with Crippen LogP contribution in [0.15, 0.2) is 12.5 Å². The minimum atomic E-state index is -1.58. The van der Waals surface area contributed by atoms with Crippen LogP contribution in [0.4, 0.5) is 0 Å². The number of carbonyl (C=O) groups is 2. The van der Waals surface area contributed by atoms with Gasteiger partial charge >= 0.3 is 17.7 Å². The first kappa shape index (κ1) is 11.6. The SMILES string of the molecule is CCC(O)CC1(c2cnc[nH]2)OC(=O)C(=O)O1. The molecule has 1 aliphatic rings. The fourth-order valence-corrected chi connectivity index (χ4v) is 1.63. The maximum atomic E-state index is 11.1. The van der Waals surface area contributed by atoms with Gasteiger partial charge in [-0.15, -0.1) is 0 Å². The topological polar surface area (TPSA) is 102 Å². The van der Waals surface area contributed by atoms with Crippen LogP contribution >= 0.6 is 0 Å². The Morgan fingerprint density at radius 2 is 2.12 bits per heavy atom. The zero-order valence-electron chi connectivity index (χ0n) is 9.17. The van der Waals surface area contributed by atoms with Gasteiger partial charge < -0.3 is 19.6 Å². The fraction of sp³-hybridized carbons (Fsp3) is 0.500. The minimum absolute atomic E-state index is 0.0246. The summed E-state index contributed by atoms with van der Waals surface area (Å²) in [5.74, 6) is -3.72. The summed E-state index contributed by atoms with van der Waals surface area (Å²) in [7, 11) is 0. The maximum Gasteiger partial charge on any atom is 0.421 e. The second-order valence-corrected chi connectivity index (χ2v) is 3.76. The third-order valence-electron chi connectivity index (χ3n) is 2.57. The molecular weight excluding hydrogens is 228 g/mol. The number of rotatable bonds is 4. The maximum absolute atomic E-state index is 11.1. The number of aromatic amines is 1. The van der Waals surface area contributed by atoms with E-state index < -0.39 is 23.8 Å². The number of carbonyl (C=O) groups excluding carboxylic acids is 2. The van der Waals surface area contributed by atoms with Crippen molar-refractivity contribution < 1.29 is 24.2 Å². The van der Waals surface area contributed by atoms with Crippen LogP contribution in [0, 0.1) is 0 Å². The van der Waals surface area contributed by atoms with Crippen molar-refractivity contribution in [1.29, 1.82) is 0 Å². The zero-order chi connectivity index (χ0) is 12.5. The number of hydrogen-bond donors (Lipinski definition) is 2. The minimum Gasteiger partial charge on any atom is -0.408 e. The van der Waals surface area contributed by atoms with Gasteiger partial charge in [0.1, 0.15) is 5.69 Å². The third-order valence-corrected chi connectivity index (χ3v) is 2.57. The van der Waals surface area contributed by atoms with Gasteiger partial charge in [0.25, 0.3) is 0 Å². The molecule has 0 spiro atoms. The third kappa shape index (κ3) is 2.01. The molecular formula is C10H12N2O5. The van der Waals surface area contributed by atoms with E-state index in [1.54, 1.807) is 6.92 Å². The molecule has 1 aromatic heterocycles. The Morgan fingerprint density at radius 3 is 2.59 bits per heavy atom. The van der Waals surface area contributed by atoms with E-state index in [1.165, 1.54) is 12.5 Å². The number of esters is 2. The molecule has 17 heavy (non-hydrogen) atoms. The molecule has 0 bridgehead atoms. The van der Waals surface area contributed by atoms with E-state index in [4.69, 9.17) is 9.47 Å². The number of aliphatic hydroxyl groups excluding tert-OH is 1. The van der Waals surface area contributed by atoms with E-state index in [0.29, 0.717) is 12.1 Å². The number of nitrogens with zero attached hydrogens (tertiary/aromatic N) is 1. The zero-order valence-corrected chi connectivity index (χ0v) is 9.17. The highest BCUT2D eigenvalue weighted by molar-refractivity contribution is 6.31. The number of aromatic nitrogens is 2. The summed E-state index contributed by atoms with van der Waals surface area (Å²) in [6.45, 7) is 1.77. The summed E-state index contributed by atoms with van der Waals surface area (Å²) in [6, 6.07) is 0. The van der Waals surface area contributed by atoms with Crippen LogP contribution in [0.5, 0.6) is 0 Å². The molecule has 1 fully saturated rings. The second-order valence-electron chi connectivity index (χ2n) is 3.76. The van der Waals surface area contributed by atoms with Crippen molar-refractivity contribution in [3.05, 3.63) is 18.2 Å². The van der Waals surface area contributed by atoms with E-state index in [0.717, 1.165) is 0 Å². The average molecular weight is 240 g/mol. The first-order chi connectivity index (χ1) is 8.07. The van der Waals surface area contributed by atoms with Gasteiger partial charge in [-0.3, -0.25) is 0 Å². The van der Waals surface area contributed by atoms with Gasteiger partial charge in [-0.25, -0.2) is 14.6 Å². The molecule has 1 atom stereocenters. The molecule has 92 valence electrons. The second kappa shape index (κ2) is 4.17. The normalized spacial score (nSPS) is 19.9. The van der Waals surface area contributed by atoms with E-state index in [9.17, 15) is 14.7 Å². The van der Waals surface area contributed by atoms with E-state index >= 15 is 0 Å². The molecule has 0 radical (unpaired) electrons. The predicted molar refractivity (Wildman–Crippen MR) is 53.4 cm³/mol. The molecule has 0 aliphatic carbocycles. The lowest BCUT2D eigenvalue weighted by Gasteiger charge is -2.25. The van der Waals surface area contributed by atoms with Crippen molar-refractivity contribution in [1.82, 2.24) is 9.97 Å². The molecule has 2 heterocycles. The van der Waals surface area contributed by atoms with Crippen LogP contribution in [0.3, 0.4) is 0 Å². The fourth-order valence-electron chi connectivity index (χ4n) is 1.63. The van der Waals surface area contributed by atoms with Crippen LogP contribution in [0.25, 0.3) is 0 Å². The summed E-state index contributed by atoms with van der Waals surface area (Å²) in [5, 5.41) is 9.64. The van der Waals surface area contributed by atoms with Gasteiger partial charge in [0, 0.05) is 0 Å². The van der Waals surface area contributed by atoms with Crippen molar-refractivity contribution in [2.75, 3.05) is 0 Å². The molecule has 2 rings (SSSR count). The molecule has 0 saturated carbocycles. The molecule has 1 aromatic rings. The van der Waals surface area contributed by atoms with Gasteiger partial charge in [0.05, 0.1) is 25.0 Å². The van der Waals surface area contributed by atoms with Crippen molar-refractivity contribution >= 4 is 11.9 Å². The van der Waals surface area contributed by atoms with Gasteiger partial charge in [0.15, 0.2) is 0 Å². The van der Waals surface area contributed by atoms with Crippen LogP contribution < -0.4 is 0 Å². The first-order valence-electron chi connectivity index (χ1n) is 5.20. The smallest absolute Gasteiger partial charge is 0.408 e. The van der Waals surface area contributed by atoms with E-state index in [2.05, 4.69) is 9.97 Å². The predicted octanol–water partition coefficient (Wildman–Crippen LogP) is -0.177. The van der Waals surface area contributed by atoms with Gasteiger partial charge in [-0.1, -0.05) is 6.92 Å². The van der Waals surface area contributed by atoms with Crippen LogP contribution in [-0.4, -0.2) is 33.1 Å². The average Bonchev–Trinajstić information content (AvgIpc) is 2.89. The first-order valence-corrected chi connectivity index (χ1v) is 5.20. The lowest BCUT2D eigenvalue weighted by molar-refractivity contribution is -0.197. The number of H-pyrrole nitrogens is 1. The standard InChI is InChI=1S/C10H12N2O5/c1-2-6(13)3-10(7-4-11-5-12-7)16-8(14)9(15)17-10/h4-6,13H,2-3H2,1H3,(H,11,12).